The molecule has 0 radical (unpaired) electrons. The van der Waals surface area contributed by atoms with E-state index in [2.05, 4.69) is 0 Å². The molecule has 0 unspecified atom stereocenters. The predicted octanol–water partition coefficient (Wildman–Crippen LogP) is 0.776. The largest absolute Gasteiger partial charge is 0.346 e. The number of hydrogen-bond acceptors (Lipinski definition) is 3. The number of benzene rings is 1. The highest BCUT2D eigenvalue weighted by atomic mass is 32.2. The van der Waals surface area contributed by atoms with Gasteiger partial charge in [0.25, 0.3) is 12.3 Å². The molecule has 0 atom stereocenters. The average molecular weight is 296 g/mol. The van der Waals surface area contributed by atoms with Crippen molar-refractivity contribution in [2.75, 3.05) is 6.54 Å². The Labute approximate surface area is 107 Å². The molecule has 1 aromatic carbocycles. The molecule has 0 aliphatic carbocycles. The number of alkyl halides is 2. The molecule has 0 aromatic heterocycles. The summed E-state index contributed by atoms with van der Waals surface area (Å²) >= 11 is 0. The van der Waals surface area contributed by atoms with E-state index in [4.69, 9.17) is 5.14 Å². The molecule has 106 valence electrons. The molecule has 0 bridgehead atoms. The second-order valence-corrected chi connectivity index (χ2v) is 5.28. The van der Waals surface area contributed by atoms with Crippen LogP contribution < -0.4 is 10.5 Å². The Hall–Kier alpha value is -1.61. The number of nitrogens with one attached hydrogen (secondary N) is 1. The summed E-state index contributed by atoms with van der Waals surface area (Å²) in [5.74, 6) is -2.01. The normalized spacial score (nSPS) is 11.7. The summed E-state index contributed by atoms with van der Waals surface area (Å²) in [7, 11) is -4.35. The quantitative estimate of drug-likeness (QED) is 0.860. The number of carbonyl (C=O) groups excluding carboxylic acids is 1. The minimum absolute atomic E-state index is 0.131. The van der Waals surface area contributed by atoms with Gasteiger partial charge in [-0.15, -0.1) is 0 Å². The summed E-state index contributed by atoms with van der Waals surface area (Å²) < 4.78 is 59.7. The van der Waals surface area contributed by atoms with Crippen LogP contribution in [0.4, 0.5) is 13.2 Å². The molecule has 1 amide bonds. The zero-order valence-electron chi connectivity index (χ0n) is 9.78. The number of sulfonamides is 1. The molecule has 0 aliphatic rings. The van der Waals surface area contributed by atoms with Crippen LogP contribution in [-0.2, 0) is 10.0 Å². The molecule has 1 rings (SSSR count). The van der Waals surface area contributed by atoms with Crippen LogP contribution in [0.25, 0.3) is 0 Å². The predicted molar refractivity (Wildman–Crippen MR) is 60.8 cm³/mol. The second kappa shape index (κ2) is 5.57. The molecule has 0 saturated heterocycles. The number of amides is 1. The summed E-state index contributed by atoms with van der Waals surface area (Å²) in [6, 6.07) is 1.75. The minimum atomic E-state index is -4.35. The van der Waals surface area contributed by atoms with E-state index in [0.717, 1.165) is 6.07 Å². The molecular formula is C10H11F3N2O3S. The van der Waals surface area contributed by atoms with E-state index in [-0.39, 0.29) is 11.1 Å². The van der Waals surface area contributed by atoms with Gasteiger partial charge in [-0.05, 0) is 24.6 Å². The minimum Gasteiger partial charge on any atom is -0.346 e. The molecule has 1 aromatic rings. The third kappa shape index (κ3) is 3.93. The van der Waals surface area contributed by atoms with Gasteiger partial charge in [0.05, 0.1) is 6.54 Å². The van der Waals surface area contributed by atoms with Crippen LogP contribution in [0.2, 0.25) is 0 Å². The number of halogens is 3. The number of nitrogens with two attached hydrogens (primary N) is 1. The maximum atomic E-state index is 13.5. The molecular weight excluding hydrogens is 285 g/mol. The summed E-state index contributed by atoms with van der Waals surface area (Å²) in [5.41, 5.74) is -0.391. The van der Waals surface area contributed by atoms with Crippen molar-refractivity contribution in [3.8, 4) is 0 Å². The van der Waals surface area contributed by atoms with Gasteiger partial charge in [-0.2, -0.15) is 0 Å². The average Bonchev–Trinajstić information content (AvgIpc) is 2.27. The van der Waals surface area contributed by atoms with E-state index in [1.807, 2.05) is 5.32 Å². The number of rotatable bonds is 4. The summed E-state index contributed by atoms with van der Waals surface area (Å²) in [6.45, 7) is 0.341. The van der Waals surface area contributed by atoms with E-state index < -0.39 is 39.6 Å². The number of carbonyl (C=O) groups is 1. The molecule has 5 nitrogen and oxygen atoms in total. The highest BCUT2D eigenvalue weighted by Crippen LogP contribution is 2.19. The smallest absolute Gasteiger partial charge is 0.255 e. The van der Waals surface area contributed by atoms with Crippen molar-refractivity contribution in [1.82, 2.24) is 5.32 Å². The topological polar surface area (TPSA) is 89.3 Å². The fourth-order valence-corrected chi connectivity index (χ4v) is 2.05. The lowest BCUT2D eigenvalue weighted by Crippen LogP contribution is -2.29. The lowest BCUT2D eigenvalue weighted by molar-refractivity contribution is 0.0891. The first-order valence-electron chi connectivity index (χ1n) is 5.02. The number of hydrogen-bond donors (Lipinski definition) is 2. The maximum Gasteiger partial charge on any atom is 0.255 e. The highest BCUT2D eigenvalue weighted by molar-refractivity contribution is 7.89. The molecule has 3 N–H and O–H groups in total. The van der Waals surface area contributed by atoms with Crippen molar-refractivity contribution in [3.05, 3.63) is 29.1 Å². The third-order valence-corrected chi connectivity index (χ3v) is 3.12. The molecule has 0 fully saturated rings. The van der Waals surface area contributed by atoms with Crippen LogP contribution in [0, 0.1) is 12.7 Å². The van der Waals surface area contributed by atoms with Crippen LogP contribution in [0.1, 0.15) is 15.9 Å². The van der Waals surface area contributed by atoms with Crippen molar-refractivity contribution in [1.29, 1.82) is 0 Å². The van der Waals surface area contributed by atoms with Crippen molar-refractivity contribution in [2.24, 2.45) is 5.14 Å². The summed E-state index contributed by atoms with van der Waals surface area (Å²) in [6.07, 6.45) is -2.75. The van der Waals surface area contributed by atoms with Crippen LogP contribution in [0.3, 0.4) is 0 Å². The monoisotopic (exact) mass is 296 g/mol. The van der Waals surface area contributed by atoms with Crippen LogP contribution in [-0.4, -0.2) is 27.3 Å². The lowest BCUT2D eigenvalue weighted by atomic mass is 10.1. The Morgan fingerprint density at radius 3 is 2.47 bits per heavy atom. The van der Waals surface area contributed by atoms with Gasteiger partial charge in [-0.3, -0.25) is 4.79 Å². The molecule has 0 spiro atoms. The lowest BCUT2D eigenvalue weighted by Gasteiger charge is -2.09. The molecule has 9 heteroatoms. The van der Waals surface area contributed by atoms with Gasteiger partial charge in [0, 0.05) is 5.56 Å². The van der Waals surface area contributed by atoms with Crippen molar-refractivity contribution in [3.63, 3.8) is 0 Å². The van der Waals surface area contributed by atoms with E-state index in [9.17, 15) is 26.4 Å². The Morgan fingerprint density at radius 1 is 1.42 bits per heavy atom. The Bertz CT molecular complexity index is 602. The van der Waals surface area contributed by atoms with Gasteiger partial charge in [-0.25, -0.2) is 26.7 Å². The first-order chi connectivity index (χ1) is 8.62. The zero-order valence-corrected chi connectivity index (χ0v) is 10.6. The SMILES string of the molecule is Cc1cc(C(=O)NCC(F)F)cc(S(N)(=O)=O)c1F. The molecule has 19 heavy (non-hydrogen) atoms. The Balaban J connectivity index is 3.18. The van der Waals surface area contributed by atoms with Gasteiger partial charge >= 0.3 is 0 Å². The molecule has 0 saturated carbocycles. The van der Waals surface area contributed by atoms with E-state index >= 15 is 0 Å². The summed E-state index contributed by atoms with van der Waals surface area (Å²) in [4.78, 5) is 10.6. The fourth-order valence-electron chi connectivity index (χ4n) is 1.35. The van der Waals surface area contributed by atoms with Gasteiger partial charge in [0.2, 0.25) is 10.0 Å². The van der Waals surface area contributed by atoms with E-state index in [1.54, 1.807) is 0 Å². The van der Waals surface area contributed by atoms with E-state index in [0.29, 0.717) is 6.07 Å². The summed E-state index contributed by atoms with van der Waals surface area (Å²) in [5, 5.41) is 6.67. The Morgan fingerprint density at radius 2 is 2.00 bits per heavy atom. The van der Waals surface area contributed by atoms with E-state index in [1.165, 1.54) is 6.92 Å². The highest BCUT2D eigenvalue weighted by Gasteiger charge is 2.20. The molecule has 0 aliphatic heterocycles. The van der Waals surface area contributed by atoms with Gasteiger partial charge in [0.1, 0.15) is 10.7 Å². The van der Waals surface area contributed by atoms with Crippen molar-refractivity contribution < 1.29 is 26.4 Å². The standard InChI is InChI=1S/C10H11F3N2O3S/c1-5-2-6(10(16)15-4-8(11)12)3-7(9(5)13)19(14,17)18/h2-3,8H,4H2,1H3,(H,15,16)(H2,14,17,18). The fraction of sp³-hybridized carbons (Fsp3) is 0.300. The number of aryl methyl sites for hydroxylation is 1. The third-order valence-electron chi connectivity index (χ3n) is 2.21. The van der Waals surface area contributed by atoms with Crippen molar-refractivity contribution >= 4 is 15.9 Å². The zero-order chi connectivity index (χ0) is 14.8. The van der Waals surface area contributed by atoms with Crippen LogP contribution in [0.5, 0.6) is 0 Å². The van der Waals surface area contributed by atoms with Crippen LogP contribution in [0.15, 0.2) is 17.0 Å². The van der Waals surface area contributed by atoms with Crippen LogP contribution >= 0.6 is 0 Å². The van der Waals surface area contributed by atoms with Gasteiger partial charge < -0.3 is 5.32 Å². The second-order valence-electron chi connectivity index (χ2n) is 3.75. The van der Waals surface area contributed by atoms with Crippen molar-refractivity contribution in [2.45, 2.75) is 18.2 Å². The first-order valence-corrected chi connectivity index (χ1v) is 6.57. The number of primary sulfonamides is 1. The molecule has 0 heterocycles. The van der Waals surface area contributed by atoms with Gasteiger partial charge in [0.15, 0.2) is 0 Å². The maximum absolute atomic E-state index is 13.5. The van der Waals surface area contributed by atoms with Gasteiger partial charge in [-0.1, -0.05) is 0 Å². The Kier molecular flexibility index (Phi) is 4.53. The first kappa shape index (κ1) is 15.4.